The Bertz CT molecular complexity index is 579. The molecule has 2 aromatic rings. The number of aromatic carboxylic acids is 1. The average Bonchev–Trinajstić information content (AvgIpc) is 2.47. The maximum atomic E-state index is 11.1. The fourth-order valence-corrected chi connectivity index (χ4v) is 1.86. The second kappa shape index (κ2) is 6.70. The Morgan fingerprint density at radius 1 is 1.25 bits per heavy atom. The van der Waals surface area contributed by atoms with Gasteiger partial charge in [0.1, 0.15) is 17.1 Å². The number of pyridine rings is 1. The second-order valence-electron chi connectivity index (χ2n) is 4.53. The highest BCUT2D eigenvalue weighted by atomic mass is 16.5. The molecule has 4 heteroatoms. The van der Waals surface area contributed by atoms with Gasteiger partial charge in [-0.15, -0.1) is 0 Å². The Labute approximate surface area is 118 Å². The maximum Gasteiger partial charge on any atom is 0.341 e. The maximum absolute atomic E-state index is 11.1. The van der Waals surface area contributed by atoms with Crippen molar-refractivity contribution >= 4 is 5.97 Å². The first-order chi connectivity index (χ1) is 9.70. The number of benzene rings is 1. The summed E-state index contributed by atoms with van der Waals surface area (Å²) in [6, 6.07) is 9.28. The van der Waals surface area contributed by atoms with Gasteiger partial charge in [-0.2, -0.15) is 0 Å². The Morgan fingerprint density at radius 2 is 2.00 bits per heavy atom. The molecule has 2 rings (SSSR count). The van der Waals surface area contributed by atoms with Crippen molar-refractivity contribution in [1.82, 2.24) is 4.98 Å². The van der Waals surface area contributed by atoms with Gasteiger partial charge in [0.15, 0.2) is 0 Å². The Morgan fingerprint density at radius 3 is 2.65 bits per heavy atom. The molecule has 1 N–H and O–H groups in total. The summed E-state index contributed by atoms with van der Waals surface area (Å²) in [5, 5.41) is 9.06. The number of carboxylic acid groups (broad SMARTS) is 1. The van der Waals surface area contributed by atoms with Gasteiger partial charge in [0, 0.05) is 18.5 Å². The molecule has 0 aliphatic heterocycles. The lowest BCUT2D eigenvalue weighted by atomic mass is 10.1. The number of carboxylic acids is 1. The number of aromatic nitrogens is 1. The number of ether oxygens (including phenoxy) is 1. The van der Waals surface area contributed by atoms with Crippen molar-refractivity contribution in [2.75, 3.05) is 0 Å². The van der Waals surface area contributed by atoms with Crippen molar-refractivity contribution in [3.8, 4) is 11.5 Å². The molecule has 0 fully saturated rings. The number of rotatable bonds is 6. The number of aryl methyl sites for hydroxylation is 1. The molecule has 20 heavy (non-hydrogen) atoms. The molecule has 1 aromatic heterocycles. The summed E-state index contributed by atoms with van der Waals surface area (Å²) in [5.41, 5.74) is 1.31. The first kappa shape index (κ1) is 14.1. The van der Waals surface area contributed by atoms with Crippen LogP contribution in [0.25, 0.3) is 0 Å². The minimum Gasteiger partial charge on any atom is -0.477 e. The second-order valence-corrected chi connectivity index (χ2v) is 4.53. The normalized spacial score (nSPS) is 10.2. The first-order valence-corrected chi connectivity index (χ1v) is 6.65. The molecule has 0 unspecified atom stereocenters. The van der Waals surface area contributed by atoms with E-state index in [9.17, 15) is 4.79 Å². The molecule has 0 saturated carbocycles. The van der Waals surface area contributed by atoms with Crippen molar-refractivity contribution in [2.45, 2.75) is 26.2 Å². The van der Waals surface area contributed by atoms with Crippen molar-refractivity contribution in [2.24, 2.45) is 0 Å². The van der Waals surface area contributed by atoms with E-state index in [4.69, 9.17) is 9.84 Å². The van der Waals surface area contributed by atoms with Gasteiger partial charge in [-0.05, 0) is 30.5 Å². The van der Waals surface area contributed by atoms with Crippen LogP contribution in [0, 0.1) is 0 Å². The van der Waals surface area contributed by atoms with E-state index in [2.05, 4.69) is 11.9 Å². The molecule has 0 atom stereocenters. The quantitative estimate of drug-likeness (QED) is 0.865. The lowest BCUT2D eigenvalue weighted by Gasteiger charge is -2.08. The average molecular weight is 271 g/mol. The number of unbranched alkanes of at least 4 members (excludes halogenated alkanes) is 1. The third-order valence-electron chi connectivity index (χ3n) is 2.98. The Balaban J connectivity index is 2.12. The van der Waals surface area contributed by atoms with E-state index >= 15 is 0 Å². The van der Waals surface area contributed by atoms with Crippen LogP contribution in [-0.2, 0) is 6.42 Å². The van der Waals surface area contributed by atoms with E-state index in [-0.39, 0.29) is 5.56 Å². The third kappa shape index (κ3) is 3.57. The zero-order valence-electron chi connectivity index (χ0n) is 11.4. The van der Waals surface area contributed by atoms with E-state index < -0.39 is 5.97 Å². The number of hydrogen-bond donors (Lipinski definition) is 1. The van der Waals surface area contributed by atoms with Crippen LogP contribution in [0.1, 0.15) is 35.7 Å². The smallest absolute Gasteiger partial charge is 0.341 e. The molecule has 0 amide bonds. The molecule has 104 valence electrons. The molecule has 0 bridgehead atoms. The first-order valence-electron chi connectivity index (χ1n) is 6.65. The predicted molar refractivity (Wildman–Crippen MR) is 76.3 cm³/mol. The highest BCUT2D eigenvalue weighted by Gasteiger charge is 2.11. The van der Waals surface area contributed by atoms with E-state index in [1.807, 2.05) is 24.3 Å². The summed E-state index contributed by atoms with van der Waals surface area (Å²) in [7, 11) is 0. The van der Waals surface area contributed by atoms with Gasteiger partial charge >= 0.3 is 5.97 Å². The van der Waals surface area contributed by atoms with Crippen LogP contribution in [0.3, 0.4) is 0 Å². The van der Waals surface area contributed by atoms with Crippen LogP contribution in [0.2, 0.25) is 0 Å². The van der Waals surface area contributed by atoms with Crippen molar-refractivity contribution in [3.05, 3.63) is 53.9 Å². The molecule has 0 radical (unpaired) electrons. The summed E-state index contributed by atoms with van der Waals surface area (Å²) in [6.45, 7) is 2.16. The lowest BCUT2D eigenvalue weighted by Crippen LogP contribution is -2.00. The molecule has 0 aliphatic rings. The lowest BCUT2D eigenvalue weighted by molar-refractivity contribution is 0.0693. The molecule has 1 heterocycles. The van der Waals surface area contributed by atoms with Gasteiger partial charge in [0.2, 0.25) is 0 Å². The molecule has 4 nitrogen and oxygen atoms in total. The van der Waals surface area contributed by atoms with Crippen molar-refractivity contribution < 1.29 is 14.6 Å². The van der Waals surface area contributed by atoms with Gasteiger partial charge < -0.3 is 9.84 Å². The van der Waals surface area contributed by atoms with Crippen LogP contribution < -0.4 is 4.74 Å². The van der Waals surface area contributed by atoms with Gasteiger partial charge in [0.05, 0.1) is 0 Å². The summed E-state index contributed by atoms with van der Waals surface area (Å²) in [6.07, 6.45) is 6.17. The Kier molecular flexibility index (Phi) is 4.71. The molecular weight excluding hydrogens is 254 g/mol. The van der Waals surface area contributed by atoms with Crippen LogP contribution in [0.4, 0.5) is 0 Å². The van der Waals surface area contributed by atoms with Crippen molar-refractivity contribution in [3.63, 3.8) is 0 Å². The largest absolute Gasteiger partial charge is 0.477 e. The molecule has 0 aliphatic carbocycles. The molecule has 0 spiro atoms. The molecular formula is C16H17NO3. The van der Waals surface area contributed by atoms with Gasteiger partial charge in [-0.25, -0.2) is 4.79 Å². The van der Waals surface area contributed by atoms with E-state index in [1.165, 1.54) is 18.0 Å². The standard InChI is InChI=1S/C16H17NO3/c1-2-3-4-12-5-7-13(8-6-12)20-15-9-10-17-11-14(15)16(18)19/h5-11H,2-4H2,1H3,(H,18,19). The van der Waals surface area contributed by atoms with Crippen LogP contribution in [0.5, 0.6) is 11.5 Å². The fourth-order valence-electron chi connectivity index (χ4n) is 1.86. The fraction of sp³-hybridized carbons (Fsp3) is 0.250. The van der Waals surface area contributed by atoms with Crippen LogP contribution >= 0.6 is 0 Å². The number of hydrogen-bond acceptors (Lipinski definition) is 3. The number of carbonyl (C=O) groups is 1. The van der Waals surface area contributed by atoms with Gasteiger partial charge in [-0.3, -0.25) is 4.98 Å². The number of nitrogens with zero attached hydrogens (tertiary/aromatic N) is 1. The summed E-state index contributed by atoms with van der Waals surface area (Å²) in [4.78, 5) is 14.9. The van der Waals surface area contributed by atoms with E-state index in [0.717, 1.165) is 19.3 Å². The highest BCUT2D eigenvalue weighted by molar-refractivity contribution is 5.90. The third-order valence-corrected chi connectivity index (χ3v) is 2.98. The van der Waals surface area contributed by atoms with Gasteiger partial charge in [0.25, 0.3) is 0 Å². The minimum atomic E-state index is -1.05. The van der Waals surface area contributed by atoms with Crippen LogP contribution in [0.15, 0.2) is 42.7 Å². The minimum absolute atomic E-state index is 0.0579. The topological polar surface area (TPSA) is 59.4 Å². The highest BCUT2D eigenvalue weighted by Crippen LogP contribution is 2.25. The SMILES string of the molecule is CCCCc1ccc(Oc2ccncc2C(=O)O)cc1. The zero-order valence-corrected chi connectivity index (χ0v) is 11.4. The summed E-state index contributed by atoms with van der Waals surface area (Å²) < 4.78 is 5.61. The van der Waals surface area contributed by atoms with Crippen molar-refractivity contribution in [1.29, 1.82) is 0 Å². The molecule has 0 saturated heterocycles. The zero-order chi connectivity index (χ0) is 14.4. The molecule has 1 aromatic carbocycles. The van der Waals surface area contributed by atoms with Crippen LogP contribution in [-0.4, -0.2) is 16.1 Å². The van der Waals surface area contributed by atoms with E-state index in [1.54, 1.807) is 6.07 Å². The van der Waals surface area contributed by atoms with Gasteiger partial charge in [-0.1, -0.05) is 25.5 Å². The van der Waals surface area contributed by atoms with E-state index in [0.29, 0.717) is 11.5 Å². The predicted octanol–water partition coefficient (Wildman–Crippen LogP) is 3.91. The monoisotopic (exact) mass is 271 g/mol. The summed E-state index contributed by atoms with van der Waals surface area (Å²) >= 11 is 0. The Hall–Kier alpha value is -2.36. The summed E-state index contributed by atoms with van der Waals surface area (Å²) in [5.74, 6) is -0.125.